The van der Waals surface area contributed by atoms with Gasteiger partial charge in [-0.15, -0.1) is 0 Å². The van der Waals surface area contributed by atoms with Gasteiger partial charge in [0.2, 0.25) is 5.95 Å². The summed E-state index contributed by atoms with van der Waals surface area (Å²) in [5.41, 5.74) is 1.19. The molecule has 7 nitrogen and oxygen atoms in total. The summed E-state index contributed by atoms with van der Waals surface area (Å²) in [6, 6.07) is 4.88. The largest absolute Gasteiger partial charge is 0.487 e. The molecule has 0 amide bonds. The lowest BCUT2D eigenvalue weighted by Crippen LogP contribution is -2.24. The van der Waals surface area contributed by atoms with Gasteiger partial charge in [0.25, 0.3) is 5.56 Å². The van der Waals surface area contributed by atoms with Crippen molar-refractivity contribution in [3.63, 3.8) is 0 Å². The van der Waals surface area contributed by atoms with E-state index in [9.17, 15) is 13.6 Å². The molecule has 0 saturated carbocycles. The van der Waals surface area contributed by atoms with Gasteiger partial charge in [-0.2, -0.15) is 0 Å². The quantitative estimate of drug-likeness (QED) is 0.515. The van der Waals surface area contributed by atoms with Crippen molar-refractivity contribution >= 4 is 21.9 Å². The van der Waals surface area contributed by atoms with E-state index < -0.39 is 11.6 Å². The number of aryl methyl sites for hydroxylation is 1. The van der Waals surface area contributed by atoms with Crippen LogP contribution in [0.25, 0.3) is 0 Å². The molecule has 2 N–H and O–H groups in total. The normalized spacial score (nSPS) is 10.8. The maximum absolute atomic E-state index is 13.8. The number of pyridine rings is 1. The fourth-order valence-electron chi connectivity index (χ4n) is 2.69. The summed E-state index contributed by atoms with van der Waals surface area (Å²) < 4.78 is 34.1. The lowest BCUT2D eigenvalue weighted by Gasteiger charge is -2.15. The van der Waals surface area contributed by atoms with E-state index >= 15 is 0 Å². The number of hydrogen-bond acceptors (Lipinski definition) is 6. The molecule has 3 aromatic rings. The molecule has 0 unspecified atom stereocenters. The van der Waals surface area contributed by atoms with Crippen LogP contribution >= 0.6 is 15.9 Å². The maximum atomic E-state index is 13.8. The first-order valence-corrected chi connectivity index (χ1v) is 9.80. The van der Waals surface area contributed by atoms with Crippen LogP contribution in [-0.4, -0.2) is 32.8 Å². The molecule has 0 spiro atoms. The molecule has 0 aliphatic carbocycles. The Hall–Kier alpha value is -2.85. The van der Waals surface area contributed by atoms with Crippen LogP contribution in [0.3, 0.4) is 0 Å². The van der Waals surface area contributed by atoms with Crippen LogP contribution in [-0.2, 0) is 13.2 Å². The van der Waals surface area contributed by atoms with Crippen LogP contribution in [0.2, 0.25) is 0 Å². The van der Waals surface area contributed by atoms with Gasteiger partial charge < -0.3 is 19.7 Å². The maximum Gasteiger partial charge on any atom is 0.269 e. The molecule has 1 aromatic carbocycles. The van der Waals surface area contributed by atoms with Crippen molar-refractivity contribution in [3.05, 3.63) is 79.9 Å². The Morgan fingerprint density at radius 3 is 2.63 bits per heavy atom. The van der Waals surface area contributed by atoms with E-state index in [-0.39, 0.29) is 41.1 Å². The van der Waals surface area contributed by atoms with Gasteiger partial charge in [-0.05, 0) is 35.0 Å². The van der Waals surface area contributed by atoms with Gasteiger partial charge in [0.1, 0.15) is 28.5 Å². The minimum absolute atomic E-state index is 0.0318. The lowest BCUT2D eigenvalue weighted by atomic mass is 10.2. The molecule has 0 aliphatic heterocycles. The van der Waals surface area contributed by atoms with E-state index in [0.717, 1.165) is 12.1 Å². The molecule has 0 saturated heterocycles. The summed E-state index contributed by atoms with van der Waals surface area (Å²) in [6.07, 6.45) is 3.18. The van der Waals surface area contributed by atoms with Crippen LogP contribution in [0.5, 0.6) is 5.75 Å². The fourth-order valence-corrected chi connectivity index (χ4v) is 3.13. The number of anilines is 1. The minimum Gasteiger partial charge on any atom is -0.487 e. The number of rotatable bonds is 8. The second kappa shape index (κ2) is 9.77. The Labute approximate surface area is 179 Å². The molecule has 0 aliphatic rings. The summed E-state index contributed by atoms with van der Waals surface area (Å²) in [6.45, 7) is 2.15. The Morgan fingerprint density at radius 2 is 1.97 bits per heavy atom. The number of ether oxygens (including phenoxy) is 1. The van der Waals surface area contributed by atoms with Crippen LogP contribution < -0.4 is 15.6 Å². The van der Waals surface area contributed by atoms with Crippen molar-refractivity contribution in [2.24, 2.45) is 0 Å². The van der Waals surface area contributed by atoms with Gasteiger partial charge in [-0.1, -0.05) is 0 Å². The molecule has 2 heterocycles. The number of halogens is 3. The predicted molar refractivity (Wildman–Crippen MR) is 111 cm³/mol. The first-order valence-electron chi connectivity index (χ1n) is 9.01. The summed E-state index contributed by atoms with van der Waals surface area (Å²) in [5, 5.41) is 11.7. The molecule has 0 radical (unpaired) electrons. The molecule has 0 fully saturated rings. The lowest BCUT2D eigenvalue weighted by molar-refractivity contribution is 0.295. The SMILES string of the molecule is Cc1cc(OCc2ccc(F)cc2F)c(Br)c(=O)n1Cc1cnc(NCCO)nc1. The number of aromatic nitrogens is 3. The molecule has 30 heavy (non-hydrogen) atoms. The average Bonchev–Trinajstić information content (AvgIpc) is 2.73. The summed E-state index contributed by atoms with van der Waals surface area (Å²) in [7, 11) is 0. The number of aliphatic hydroxyl groups excluding tert-OH is 1. The van der Waals surface area contributed by atoms with Crippen LogP contribution in [0.1, 0.15) is 16.8 Å². The van der Waals surface area contributed by atoms with Crippen molar-refractivity contribution in [2.45, 2.75) is 20.1 Å². The van der Waals surface area contributed by atoms with Crippen molar-refractivity contribution in [3.8, 4) is 5.75 Å². The number of nitrogens with one attached hydrogen (secondary N) is 1. The second-order valence-corrected chi connectivity index (χ2v) is 7.24. The van der Waals surface area contributed by atoms with Gasteiger partial charge >= 0.3 is 0 Å². The molecular formula is C20H19BrF2N4O3. The fraction of sp³-hybridized carbons (Fsp3) is 0.250. The molecule has 0 atom stereocenters. The van der Waals surface area contributed by atoms with Crippen molar-refractivity contribution in [2.75, 3.05) is 18.5 Å². The second-order valence-electron chi connectivity index (χ2n) is 6.44. The Morgan fingerprint density at radius 1 is 1.23 bits per heavy atom. The summed E-state index contributed by atoms with van der Waals surface area (Å²) in [5.74, 6) is -0.739. The third kappa shape index (κ3) is 5.19. The third-order valence-corrected chi connectivity index (χ3v) is 4.98. The number of hydrogen-bond donors (Lipinski definition) is 2. The van der Waals surface area contributed by atoms with Gasteiger partial charge in [0.15, 0.2) is 0 Å². The van der Waals surface area contributed by atoms with Gasteiger partial charge in [0, 0.05) is 47.9 Å². The van der Waals surface area contributed by atoms with Gasteiger partial charge in [-0.3, -0.25) is 4.79 Å². The van der Waals surface area contributed by atoms with Crippen molar-refractivity contribution in [1.82, 2.24) is 14.5 Å². The van der Waals surface area contributed by atoms with E-state index in [0.29, 0.717) is 23.8 Å². The molecule has 10 heteroatoms. The highest BCUT2D eigenvalue weighted by Crippen LogP contribution is 2.24. The highest BCUT2D eigenvalue weighted by atomic mass is 79.9. The smallest absolute Gasteiger partial charge is 0.269 e. The Kier molecular flexibility index (Phi) is 7.11. The monoisotopic (exact) mass is 480 g/mol. The minimum atomic E-state index is -0.715. The zero-order valence-electron chi connectivity index (χ0n) is 16.0. The van der Waals surface area contributed by atoms with Crippen molar-refractivity contribution in [1.29, 1.82) is 0 Å². The Bertz CT molecular complexity index is 1090. The van der Waals surface area contributed by atoms with E-state index in [4.69, 9.17) is 9.84 Å². The van der Waals surface area contributed by atoms with Crippen LogP contribution in [0, 0.1) is 18.6 Å². The molecule has 0 bridgehead atoms. The van der Waals surface area contributed by atoms with Crippen LogP contribution in [0.15, 0.2) is 45.9 Å². The highest BCUT2D eigenvalue weighted by Gasteiger charge is 2.14. The standard InChI is InChI=1S/C20H19BrF2N4O3/c1-12-6-17(30-11-14-2-3-15(22)7-16(14)23)18(21)19(29)27(12)10-13-8-25-20(26-9-13)24-4-5-28/h2-3,6-9,28H,4-5,10-11H2,1H3,(H,24,25,26). The number of benzene rings is 1. The summed E-state index contributed by atoms with van der Waals surface area (Å²) >= 11 is 3.25. The zero-order valence-corrected chi connectivity index (χ0v) is 17.6. The van der Waals surface area contributed by atoms with E-state index in [1.54, 1.807) is 25.4 Å². The first kappa shape index (κ1) is 21.8. The first-order chi connectivity index (χ1) is 14.4. The number of aliphatic hydroxyl groups is 1. The number of nitrogens with zero attached hydrogens (tertiary/aromatic N) is 3. The topological polar surface area (TPSA) is 89.3 Å². The van der Waals surface area contributed by atoms with Crippen molar-refractivity contribution < 1.29 is 18.6 Å². The Balaban J connectivity index is 1.76. The van der Waals surface area contributed by atoms with Crippen LogP contribution in [0.4, 0.5) is 14.7 Å². The van der Waals surface area contributed by atoms with Gasteiger partial charge in [-0.25, -0.2) is 18.7 Å². The highest BCUT2D eigenvalue weighted by molar-refractivity contribution is 9.10. The summed E-state index contributed by atoms with van der Waals surface area (Å²) in [4.78, 5) is 21.1. The van der Waals surface area contributed by atoms with E-state index in [2.05, 4.69) is 31.2 Å². The molecular weight excluding hydrogens is 462 g/mol. The van der Waals surface area contributed by atoms with E-state index in [1.165, 1.54) is 10.6 Å². The average molecular weight is 481 g/mol. The third-order valence-electron chi connectivity index (χ3n) is 4.25. The zero-order chi connectivity index (χ0) is 21.7. The molecule has 2 aromatic heterocycles. The molecule has 3 rings (SSSR count). The predicted octanol–water partition coefficient (Wildman–Crippen LogP) is 3.02. The van der Waals surface area contributed by atoms with Gasteiger partial charge in [0.05, 0.1) is 13.2 Å². The van der Waals surface area contributed by atoms with E-state index in [1.807, 2.05) is 0 Å². The molecule has 158 valence electrons.